The van der Waals surface area contributed by atoms with E-state index in [1.807, 2.05) is 13.8 Å². The quantitative estimate of drug-likeness (QED) is 0.114. The molecule has 0 aromatic carbocycles. The van der Waals surface area contributed by atoms with Crippen molar-refractivity contribution in [1.82, 2.24) is 0 Å². The zero-order valence-corrected chi connectivity index (χ0v) is 32.4. The van der Waals surface area contributed by atoms with Crippen molar-refractivity contribution in [1.29, 1.82) is 0 Å². The predicted molar refractivity (Wildman–Crippen MR) is 162 cm³/mol. The van der Waals surface area contributed by atoms with Gasteiger partial charge in [0.2, 0.25) is 0 Å². The fraction of sp³-hybridized carbons (Fsp3) is 0.733. The Morgan fingerprint density at radius 1 is 0.391 bits per heavy atom. The van der Waals surface area contributed by atoms with E-state index in [9.17, 15) is 38.4 Å². The Morgan fingerprint density at radius 2 is 0.522 bits per heavy atom. The van der Waals surface area contributed by atoms with Crippen LogP contribution >= 0.6 is 0 Å². The second-order valence-corrected chi connectivity index (χ2v) is 8.18. The van der Waals surface area contributed by atoms with Crippen LogP contribution in [0.25, 0.3) is 0 Å². The Kier molecular flexibility index (Phi) is 71.5. The third-order valence-corrected chi connectivity index (χ3v) is 3.24. The van der Waals surface area contributed by atoms with Crippen molar-refractivity contribution in [3.05, 3.63) is 0 Å². The molecule has 0 saturated carbocycles. The summed E-state index contributed by atoms with van der Waals surface area (Å²) in [6, 6.07) is 0. The number of aliphatic hydroxyl groups excluding tert-OH is 2. The summed E-state index contributed by atoms with van der Waals surface area (Å²) < 4.78 is 18.0. The molecule has 0 aromatic rings. The fourth-order valence-corrected chi connectivity index (χ4v) is 1.66. The molecule has 0 unspecified atom stereocenters. The van der Waals surface area contributed by atoms with E-state index in [1.165, 1.54) is 27.7 Å². The van der Waals surface area contributed by atoms with Crippen LogP contribution < -0.4 is 0 Å². The number of Topliss-reactive ketones (excluding diaryl/α,β-unsaturated/α-hetero) is 4. The molecule has 0 radical (unpaired) electrons. The average molecular weight is 736 g/mol. The Morgan fingerprint density at radius 3 is 0.587 bits per heavy atom. The number of ketones is 4. The molecular weight excluding hydrogens is 680 g/mol. The number of hydrogen-bond donors (Lipinski definition) is 2. The Hall–Kier alpha value is -2.09. The van der Waals surface area contributed by atoms with Crippen LogP contribution in [0.3, 0.4) is 0 Å². The van der Waals surface area contributed by atoms with E-state index in [2.05, 4.69) is 18.9 Å². The van der Waals surface area contributed by atoms with Gasteiger partial charge in [-0.1, -0.05) is 13.8 Å². The Balaban J connectivity index is -0.0000000638. The number of hydrogen-bond acceptors (Lipinski definition) is 14. The predicted octanol–water partition coefficient (Wildman–Crippen LogP) is 2.89. The smallest absolute Gasteiger partial charge is 0.313 e. The molecule has 0 spiro atoms. The molecule has 14 nitrogen and oxygen atoms in total. The first-order valence-corrected chi connectivity index (χ1v) is 14.3. The summed E-state index contributed by atoms with van der Waals surface area (Å²) in [5.41, 5.74) is 0. The Bertz CT molecular complexity index is 660. The van der Waals surface area contributed by atoms with E-state index in [1.54, 1.807) is 27.7 Å². The normalized spacial score (nSPS) is 8.09. The summed E-state index contributed by atoms with van der Waals surface area (Å²) in [6.07, 6.45) is 1.34. The van der Waals surface area contributed by atoms with Gasteiger partial charge < -0.3 is 29.2 Å². The second-order valence-electron chi connectivity index (χ2n) is 8.18. The minimum atomic E-state index is -0.440. The summed E-state index contributed by atoms with van der Waals surface area (Å²) in [5, 5.41) is 15.8. The van der Waals surface area contributed by atoms with Gasteiger partial charge in [0.15, 0.2) is 0 Å². The molecule has 0 aliphatic carbocycles. The van der Waals surface area contributed by atoms with E-state index >= 15 is 0 Å². The van der Waals surface area contributed by atoms with Gasteiger partial charge in [-0.2, -0.15) is 0 Å². The van der Waals surface area contributed by atoms with Crippen molar-refractivity contribution in [3.63, 3.8) is 0 Å². The summed E-state index contributed by atoms with van der Waals surface area (Å²) in [7, 11) is 0. The van der Waals surface area contributed by atoms with Gasteiger partial charge in [0.05, 0.1) is 26.4 Å². The Labute approximate surface area is 304 Å². The van der Waals surface area contributed by atoms with Crippen molar-refractivity contribution in [2.75, 3.05) is 39.6 Å². The molecule has 16 heteroatoms. The van der Waals surface area contributed by atoms with Crippen molar-refractivity contribution in [2.45, 2.75) is 108 Å². The van der Waals surface area contributed by atoms with Crippen molar-refractivity contribution < 1.29 is 111 Å². The largest absolute Gasteiger partial charge is 0.466 e. The molecule has 46 heavy (non-hydrogen) atoms. The zero-order chi connectivity index (χ0) is 35.9. The average Bonchev–Trinajstić information content (AvgIpc) is 2.89. The van der Waals surface area contributed by atoms with Crippen LogP contribution in [0.5, 0.6) is 0 Å². The molecule has 0 fully saturated rings. The maximum atomic E-state index is 10.4. The molecule has 0 rings (SSSR count). The number of aliphatic hydroxyl groups is 2. The number of rotatable bonds is 14. The monoisotopic (exact) mass is 736 g/mol. The molecular formula is C30H56O14Ti2. The standard InChI is InChI=1S/4C6H10O3.2C3H8O.2Ti/c4*1-3-9-6(8)4-5(2)7;2*1-2-3-4;;/h4*3-4H2,1-2H3;2*4H,2-3H2,1H3;;. The van der Waals surface area contributed by atoms with E-state index in [-0.39, 0.29) is 92.3 Å². The summed E-state index contributed by atoms with van der Waals surface area (Å²) in [5.74, 6) is -2.39. The first-order chi connectivity index (χ1) is 20.5. The SMILES string of the molecule is CCCO.CCCO.CCOC(=O)CC(C)=O.CCOC(=O)CC(C)=O.CCOC(=O)CC(C)=O.CCOC(=O)CC(C)=O.[Ti].[Ti]. The van der Waals surface area contributed by atoms with Crippen molar-refractivity contribution in [2.24, 2.45) is 0 Å². The van der Waals surface area contributed by atoms with Crippen LogP contribution in [0, 0.1) is 0 Å². The molecule has 2 N–H and O–H groups in total. The maximum Gasteiger partial charge on any atom is 0.313 e. The van der Waals surface area contributed by atoms with Gasteiger partial charge in [0.1, 0.15) is 48.8 Å². The summed E-state index contributed by atoms with van der Waals surface area (Å²) in [6.45, 7) is 18.1. The van der Waals surface area contributed by atoms with Crippen molar-refractivity contribution >= 4 is 47.0 Å². The molecule has 0 aliphatic heterocycles. The molecule has 0 saturated heterocycles. The van der Waals surface area contributed by atoms with Crippen LogP contribution in [0.1, 0.15) is 108 Å². The van der Waals surface area contributed by atoms with E-state index in [0.29, 0.717) is 39.6 Å². The fourth-order valence-electron chi connectivity index (χ4n) is 1.66. The number of carbonyl (C=O) groups excluding carboxylic acids is 8. The van der Waals surface area contributed by atoms with Gasteiger partial charge in [0.25, 0.3) is 0 Å². The van der Waals surface area contributed by atoms with Gasteiger partial charge in [0, 0.05) is 56.6 Å². The third kappa shape index (κ3) is 90.0. The van der Waals surface area contributed by atoms with Crippen LogP contribution in [0.4, 0.5) is 0 Å². The zero-order valence-electron chi connectivity index (χ0n) is 29.3. The molecule has 0 amide bonds. The first-order valence-electron chi connectivity index (χ1n) is 14.3. The molecule has 0 atom stereocenters. The maximum absolute atomic E-state index is 10.4. The minimum absolute atomic E-state index is 0. The van der Waals surface area contributed by atoms with Gasteiger partial charge >= 0.3 is 23.9 Å². The molecule has 0 bridgehead atoms. The van der Waals surface area contributed by atoms with Crippen molar-refractivity contribution in [3.8, 4) is 0 Å². The van der Waals surface area contributed by atoms with Crippen LogP contribution in [-0.4, -0.2) is 96.9 Å². The van der Waals surface area contributed by atoms with Gasteiger partial charge in [-0.05, 0) is 68.2 Å². The van der Waals surface area contributed by atoms with E-state index in [0.717, 1.165) is 12.8 Å². The van der Waals surface area contributed by atoms with Crippen LogP contribution in [0.2, 0.25) is 0 Å². The first kappa shape index (κ1) is 62.7. The number of ether oxygens (including phenoxy) is 4. The second kappa shape index (κ2) is 52.4. The summed E-state index contributed by atoms with van der Waals surface area (Å²) >= 11 is 0. The van der Waals surface area contributed by atoms with E-state index < -0.39 is 23.9 Å². The van der Waals surface area contributed by atoms with Crippen LogP contribution in [0.15, 0.2) is 0 Å². The van der Waals surface area contributed by atoms with Gasteiger partial charge in [-0.15, -0.1) is 0 Å². The molecule has 268 valence electrons. The minimum Gasteiger partial charge on any atom is -0.466 e. The number of carbonyl (C=O) groups is 8. The summed E-state index contributed by atoms with van der Waals surface area (Å²) in [4.78, 5) is 82.6. The van der Waals surface area contributed by atoms with Crippen LogP contribution in [-0.2, 0) is 101 Å². The van der Waals surface area contributed by atoms with Gasteiger partial charge in [-0.3, -0.25) is 38.4 Å². The number of esters is 4. The topological polar surface area (TPSA) is 214 Å². The molecule has 0 aromatic heterocycles. The van der Waals surface area contributed by atoms with E-state index in [4.69, 9.17) is 10.2 Å². The molecule has 0 heterocycles. The molecule has 0 aliphatic rings. The third-order valence-electron chi connectivity index (χ3n) is 3.24. The van der Waals surface area contributed by atoms with Gasteiger partial charge in [-0.25, -0.2) is 0 Å².